The summed E-state index contributed by atoms with van der Waals surface area (Å²) in [4.78, 5) is 0. The van der Waals surface area contributed by atoms with Gasteiger partial charge in [-0.2, -0.15) is 13.2 Å². The van der Waals surface area contributed by atoms with E-state index in [-0.39, 0.29) is 11.1 Å². The van der Waals surface area contributed by atoms with Crippen molar-refractivity contribution < 1.29 is 17.6 Å². The second kappa shape index (κ2) is 5.54. The molecule has 0 heterocycles. The molecule has 2 aromatic carbocycles. The van der Waals surface area contributed by atoms with E-state index in [1.165, 1.54) is 30.3 Å². The van der Waals surface area contributed by atoms with Gasteiger partial charge < -0.3 is 5.73 Å². The third-order valence-corrected chi connectivity index (χ3v) is 3.39. The number of nitrogens with two attached hydrogens (primary N) is 1. The van der Waals surface area contributed by atoms with Gasteiger partial charge in [-0.1, -0.05) is 34.1 Å². The molecule has 1 atom stereocenters. The number of halogens is 5. The van der Waals surface area contributed by atoms with Crippen molar-refractivity contribution in [3.63, 3.8) is 0 Å². The molecule has 1 nitrogen and oxygen atoms in total. The summed E-state index contributed by atoms with van der Waals surface area (Å²) in [5, 5.41) is 0. The summed E-state index contributed by atoms with van der Waals surface area (Å²) in [6, 6.07) is 7.73. The van der Waals surface area contributed by atoms with Crippen LogP contribution in [0.25, 0.3) is 0 Å². The first-order valence-electron chi connectivity index (χ1n) is 5.67. The second-order valence-electron chi connectivity index (χ2n) is 4.23. The summed E-state index contributed by atoms with van der Waals surface area (Å²) in [5.41, 5.74) is 4.82. The lowest BCUT2D eigenvalue weighted by molar-refractivity contribution is -0.138. The zero-order valence-corrected chi connectivity index (χ0v) is 11.7. The molecule has 6 heteroatoms. The Kier molecular flexibility index (Phi) is 4.15. The summed E-state index contributed by atoms with van der Waals surface area (Å²) in [5.74, 6) is -0.641. The SMILES string of the molecule is NC(c1cc(Br)ccc1F)c1ccccc1C(F)(F)F. The van der Waals surface area contributed by atoms with Crippen LogP contribution >= 0.6 is 15.9 Å². The molecule has 0 aliphatic rings. The van der Waals surface area contributed by atoms with Crippen LogP contribution in [-0.2, 0) is 6.18 Å². The fraction of sp³-hybridized carbons (Fsp3) is 0.143. The van der Waals surface area contributed by atoms with Crippen LogP contribution in [-0.4, -0.2) is 0 Å². The zero-order chi connectivity index (χ0) is 14.9. The molecule has 0 saturated heterocycles. The number of hydrogen-bond acceptors (Lipinski definition) is 1. The average Bonchev–Trinajstić information content (AvgIpc) is 2.40. The maximum Gasteiger partial charge on any atom is 0.416 e. The summed E-state index contributed by atoms with van der Waals surface area (Å²) < 4.78 is 53.1. The van der Waals surface area contributed by atoms with Crippen molar-refractivity contribution >= 4 is 15.9 Å². The third-order valence-electron chi connectivity index (χ3n) is 2.89. The second-order valence-corrected chi connectivity index (χ2v) is 5.14. The summed E-state index contributed by atoms with van der Waals surface area (Å²) in [6.07, 6.45) is -4.53. The lowest BCUT2D eigenvalue weighted by Crippen LogP contribution is -2.19. The minimum absolute atomic E-state index is 0.0103. The van der Waals surface area contributed by atoms with Gasteiger partial charge in [0, 0.05) is 10.0 Å². The Labute approximate surface area is 121 Å². The predicted octanol–water partition coefficient (Wildman–Crippen LogP) is 4.66. The molecule has 0 radical (unpaired) electrons. The van der Waals surface area contributed by atoms with Gasteiger partial charge in [-0.25, -0.2) is 4.39 Å². The van der Waals surface area contributed by atoms with E-state index in [1.54, 1.807) is 0 Å². The average molecular weight is 348 g/mol. The van der Waals surface area contributed by atoms with Gasteiger partial charge in [-0.15, -0.1) is 0 Å². The van der Waals surface area contributed by atoms with E-state index in [4.69, 9.17) is 5.73 Å². The highest BCUT2D eigenvalue weighted by Crippen LogP contribution is 2.36. The highest BCUT2D eigenvalue weighted by Gasteiger charge is 2.34. The van der Waals surface area contributed by atoms with Crippen LogP contribution in [0.2, 0.25) is 0 Å². The van der Waals surface area contributed by atoms with Gasteiger partial charge >= 0.3 is 6.18 Å². The van der Waals surface area contributed by atoms with Gasteiger partial charge in [0.1, 0.15) is 5.82 Å². The number of benzene rings is 2. The maximum absolute atomic E-state index is 13.8. The summed E-state index contributed by atoms with van der Waals surface area (Å²) in [7, 11) is 0. The molecule has 2 N–H and O–H groups in total. The lowest BCUT2D eigenvalue weighted by atomic mass is 9.94. The van der Waals surface area contributed by atoms with Gasteiger partial charge in [0.15, 0.2) is 0 Å². The van der Waals surface area contributed by atoms with E-state index in [2.05, 4.69) is 15.9 Å². The third kappa shape index (κ3) is 3.02. The highest BCUT2D eigenvalue weighted by atomic mass is 79.9. The Morgan fingerprint density at radius 1 is 1.00 bits per heavy atom. The molecular formula is C14H10BrF4N. The van der Waals surface area contributed by atoms with E-state index < -0.39 is 23.6 Å². The largest absolute Gasteiger partial charge is 0.416 e. The molecule has 0 aliphatic carbocycles. The fourth-order valence-corrected chi connectivity index (χ4v) is 2.33. The van der Waals surface area contributed by atoms with Crippen molar-refractivity contribution in [1.29, 1.82) is 0 Å². The van der Waals surface area contributed by atoms with Crippen LogP contribution in [0.3, 0.4) is 0 Å². The molecule has 1 unspecified atom stereocenters. The van der Waals surface area contributed by atoms with Gasteiger partial charge in [0.2, 0.25) is 0 Å². The van der Waals surface area contributed by atoms with E-state index in [0.29, 0.717) is 4.47 Å². The van der Waals surface area contributed by atoms with Crippen molar-refractivity contribution in [2.45, 2.75) is 12.2 Å². The molecule has 0 spiro atoms. The molecule has 0 amide bonds. The molecule has 20 heavy (non-hydrogen) atoms. The first kappa shape index (κ1) is 15.0. The van der Waals surface area contributed by atoms with Crippen LogP contribution in [0.1, 0.15) is 22.7 Å². The quantitative estimate of drug-likeness (QED) is 0.786. The van der Waals surface area contributed by atoms with Crippen LogP contribution in [0, 0.1) is 5.82 Å². The Morgan fingerprint density at radius 2 is 1.65 bits per heavy atom. The molecular weight excluding hydrogens is 338 g/mol. The monoisotopic (exact) mass is 347 g/mol. The Balaban J connectivity index is 2.54. The molecule has 0 saturated carbocycles. The Bertz CT molecular complexity index is 625. The summed E-state index contributed by atoms with van der Waals surface area (Å²) >= 11 is 3.15. The minimum Gasteiger partial charge on any atom is -0.320 e. The smallest absolute Gasteiger partial charge is 0.320 e. The van der Waals surface area contributed by atoms with Crippen LogP contribution in [0.15, 0.2) is 46.9 Å². The normalized spacial score (nSPS) is 13.3. The Hall–Kier alpha value is -1.40. The van der Waals surface area contributed by atoms with Crippen molar-refractivity contribution in [2.75, 3.05) is 0 Å². The van der Waals surface area contributed by atoms with Crippen molar-refractivity contribution in [3.05, 3.63) is 69.4 Å². The number of hydrogen-bond donors (Lipinski definition) is 1. The van der Waals surface area contributed by atoms with E-state index in [0.717, 1.165) is 12.1 Å². The van der Waals surface area contributed by atoms with Gasteiger partial charge in [-0.05, 0) is 29.8 Å². The molecule has 0 aliphatic heterocycles. The molecule has 106 valence electrons. The molecule has 2 rings (SSSR count). The number of alkyl halides is 3. The van der Waals surface area contributed by atoms with Gasteiger partial charge in [-0.3, -0.25) is 0 Å². The lowest BCUT2D eigenvalue weighted by Gasteiger charge is -2.19. The van der Waals surface area contributed by atoms with Gasteiger partial charge in [0.25, 0.3) is 0 Å². The standard InChI is InChI=1S/C14H10BrF4N/c15-8-5-6-12(16)10(7-8)13(20)9-3-1-2-4-11(9)14(17,18)19/h1-7,13H,20H2. The number of rotatable bonds is 2. The molecule has 2 aromatic rings. The van der Waals surface area contributed by atoms with Crippen LogP contribution in [0.5, 0.6) is 0 Å². The van der Waals surface area contributed by atoms with Crippen LogP contribution in [0.4, 0.5) is 17.6 Å². The van der Waals surface area contributed by atoms with E-state index in [1.807, 2.05) is 0 Å². The molecule has 0 fully saturated rings. The highest BCUT2D eigenvalue weighted by molar-refractivity contribution is 9.10. The molecule has 0 bridgehead atoms. The topological polar surface area (TPSA) is 26.0 Å². The maximum atomic E-state index is 13.8. The van der Waals surface area contributed by atoms with E-state index >= 15 is 0 Å². The van der Waals surface area contributed by atoms with Crippen molar-refractivity contribution in [3.8, 4) is 0 Å². The van der Waals surface area contributed by atoms with Crippen molar-refractivity contribution in [2.24, 2.45) is 5.73 Å². The fourth-order valence-electron chi connectivity index (χ4n) is 1.95. The van der Waals surface area contributed by atoms with Crippen molar-refractivity contribution in [1.82, 2.24) is 0 Å². The predicted molar refractivity (Wildman–Crippen MR) is 71.6 cm³/mol. The van der Waals surface area contributed by atoms with E-state index in [9.17, 15) is 17.6 Å². The first-order valence-corrected chi connectivity index (χ1v) is 6.46. The van der Waals surface area contributed by atoms with Crippen LogP contribution < -0.4 is 5.73 Å². The minimum atomic E-state index is -4.53. The molecule has 0 aromatic heterocycles. The van der Waals surface area contributed by atoms with Gasteiger partial charge in [0.05, 0.1) is 11.6 Å². The summed E-state index contributed by atoms with van der Waals surface area (Å²) in [6.45, 7) is 0. The zero-order valence-electron chi connectivity index (χ0n) is 10.1. The Morgan fingerprint density at radius 3 is 2.30 bits per heavy atom. The first-order chi connectivity index (χ1) is 9.30.